The SMILES string of the molecule is CC/C=C(NCCC)/C(=C(\N=C(/C)c1ccccn1)OC)C(F)(F)F. The summed E-state index contributed by atoms with van der Waals surface area (Å²) < 4.78 is 46.1. The van der Waals surface area contributed by atoms with Crippen molar-refractivity contribution >= 4 is 5.71 Å². The zero-order valence-electron chi connectivity index (χ0n) is 14.9. The van der Waals surface area contributed by atoms with Crippen LogP contribution < -0.4 is 5.32 Å². The van der Waals surface area contributed by atoms with Gasteiger partial charge in [-0.1, -0.05) is 26.0 Å². The minimum absolute atomic E-state index is 0.0220. The molecule has 7 heteroatoms. The van der Waals surface area contributed by atoms with Gasteiger partial charge in [0.15, 0.2) is 0 Å². The van der Waals surface area contributed by atoms with E-state index in [2.05, 4.69) is 15.3 Å². The fourth-order valence-corrected chi connectivity index (χ4v) is 2.11. The van der Waals surface area contributed by atoms with Crippen LogP contribution in [0.1, 0.15) is 39.3 Å². The number of allylic oxidation sites excluding steroid dienone is 2. The van der Waals surface area contributed by atoms with Gasteiger partial charge in [-0.05, 0) is 31.9 Å². The Balaban J connectivity index is 3.47. The lowest BCUT2D eigenvalue weighted by Crippen LogP contribution is -2.26. The molecule has 0 unspecified atom stereocenters. The van der Waals surface area contributed by atoms with Crippen molar-refractivity contribution in [3.8, 4) is 0 Å². The van der Waals surface area contributed by atoms with Crippen LogP contribution in [0.2, 0.25) is 0 Å². The van der Waals surface area contributed by atoms with Gasteiger partial charge in [0.05, 0.1) is 18.5 Å². The Morgan fingerprint density at radius 1 is 1.32 bits per heavy atom. The van der Waals surface area contributed by atoms with Crippen LogP contribution in [0.3, 0.4) is 0 Å². The number of nitrogens with one attached hydrogen (secondary N) is 1. The lowest BCUT2D eigenvalue weighted by atomic mass is 10.1. The van der Waals surface area contributed by atoms with E-state index in [1.54, 1.807) is 38.2 Å². The van der Waals surface area contributed by atoms with Gasteiger partial charge in [-0.25, -0.2) is 4.99 Å². The number of hydrogen-bond acceptors (Lipinski definition) is 4. The molecule has 0 atom stereocenters. The average molecular weight is 355 g/mol. The van der Waals surface area contributed by atoms with Crippen molar-refractivity contribution in [3.05, 3.63) is 53.3 Å². The Bertz CT molecular complexity index is 635. The summed E-state index contributed by atoms with van der Waals surface area (Å²) in [5.41, 5.74) is -0.112. The molecule has 0 spiro atoms. The van der Waals surface area contributed by atoms with Gasteiger partial charge in [0.25, 0.3) is 0 Å². The summed E-state index contributed by atoms with van der Waals surface area (Å²) in [5, 5.41) is 2.82. The summed E-state index contributed by atoms with van der Waals surface area (Å²) >= 11 is 0. The molecule has 0 aliphatic rings. The Morgan fingerprint density at radius 3 is 2.52 bits per heavy atom. The molecule has 0 aromatic carbocycles. The molecule has 0 saturated heterocycles. The fraction of sp³-hybridized carbons (Fsp3) is 0.444. The monoisotopic (exact) mass is 355 g/mol. The summed E-state index contributed by atoms with van der Waals surface area (Å²) in [5.74, 6) is -0.487. The summed E-state index contributed by atoms with van der Waals surface area (Å²) in [6.07, 6.45) is -0.416. The second-order valence-corrected chi connectivity index (χ2v) is 5.25. The molecule has 0 aliphatic heterocycles. The Kier molecular flexibility index (Phi) is 8.18. The van der Waals surface area contributed by atoms with Gasteiger partial charge in [-0.2, -0.15) is 13.2 Å². The van der Waals surface area contributed by atoms with E-state index < -0.39 is 17.6 Å². The van der Waals surface area contributed by atoms with Crippen LogP contribution in [0.4, 0.5) is 13.2 Å². The first-order valence-electron chi connectivity index (χ1n) is 8.11. The van der Waals surface area contributed by atoms with Crippen LogP contribution in [0.5, 0.6) is 0 Å². The van der Waals surface area contributed by atoms with Crippen molar-refractivity contribution in [2.45, 2.75) is 39.8 Å². The van der Waals surface area contributed by atoms with Crippen LogP contribution in [0.15, 0.2) is 52.6 Å². The summed E-state index contributed by atoms with van der Waals surface area (Å²) in [7, 11) is 1.18. The maximum Gasteiger partial charge on any atom is 0.423 e. The van der Waals surface area contributed by atoms with Crippen molar-refractivity contribution in [1.29, 1.82) is 0 Å². The quantitative estimate of drug-likeness (QED) is 0.421. The third-order valence-electron chi connectivity index (χ3n) is 3.24. The number of ether oxygens (including phenoxy) is 1. The van der Waals surface area contributed by atoms with Gasteiger partial charge in [0.1, 0.15) is 5.57 Å². The zero-order chi connectivity index (χ0) is 18.9. The van der Waals surface area contributed by atoms with Crippen LogP contribution in [0.25, 0.3) is 0 Å². The molecule has 0 saturated carbocycles. The van der Waals surface area contributed by atoms with E-state index in [4.69, 9.17) is 4.74 Å². The third kappa shape index (κ3) is 6.25. The smallest absolute Gasteiger partial charge is 0.423 e. The Morgan fingerprint density at radius 2 is 2.04 bits per heavy atom. The van der Waals surface area contributed by atoms with E-state index in [0.29, 0.717) is 30.8 Å². The van der Waals surface area contributed by atoms with Crippen LogP contribution in [-0.2, 0) is 4.74 Å². The van der Waals surface area contributed by atoms with Crippen LogP contribution in [-0.4, -0.2) is 30.5 Å². The van der Waals surface area contributed by atoms with Gasteiger partial charge >= 0.3 is 6.18 Å². The molecule has 1 N–H and O–H groups in total. The van der Waals surface area contributed by atoms with E-state index in [1.807, 2.05) is 6.92 Å². The molecule has 0 fully saturated rings. The minimum Gasteiger partial charge on any atom is -0.480 e. The van der Waals surface area contributed by atoms with E-state index in [9.17, 15) is 13.2 Å². The van der Waals surface area contributed by atoms with Gasteiger partial charge in [-0.15, -0.1) is 0 Å². The standard InChI is InChI=1S/C18H24F3N3O/c1-5-9-15(22-11-6-2)16(18(19,20)21)17(25-4)24-13(3)14-10-7-8-12-23-14/h7-10,12,22H,5-6,11H2,1-4H3/b15-9-,17-16-,24-13+. The number of alkyl halides is 3. The molecule has 25 heavy (non-hydrogen) atoms. The van der Waals surface area contributed by atoms with Gasteiger partial charge in [-0.3, -0.25) is 4.98 Å². The first kappa shape index (κ1) is 20.7. The molecule has 0 bridgehead atoms. The first-order chi connectivity index (χ1) is 11.8. The molecular formula is C18H24F3N3O. The first-order valence-corrected chi connectivity index (χ1v) is 8.11. The second-order valence-electron chi connectivity index (χ2n) is 5.25. The second kappa shape index (κ2) is 9.86. The van der Waals surface area contributed by atoms with E-state index in [0.717, 1.165) is 0 Å². The number of halogens is 3. The highest BCUT2D eigenvalue weighted by Gasteiger charge is 2.40. The minimum atomic E-state index is -4.61. The van der Waals surface area contributed by atoms with Gasteiger partial charge < -0.3 is 10.1 Å². The normalized spacial score (nSPS) is 14.2. The predicted octanol–water partition coefficient (Wildman–Crippen LogP) is 4.60. The number of methoxy groups -OCH3 is 1. The molecule has 1 heterocycles. The number of aliphatic imine (C=N–C) groups is 1. The number of pyridine rings is 1. The molecule has 0 aliphatic carbocycles. The molecule has 1 aromatic heterocycles. The Hall–Kier alpha value is -2.31. The molecule has 1 aromatic rings. The maximum atomic E-state index is 13.7. The van der Waals surface area contributed by atoms with Crippen molar-refractivity contribution in [1.82, 2.24) is 10.3 Å². The van der Waals surface area contributed by atoms with Crippen molar-refractivity contribution < 1.29 is 17.9 Å². The van der Waals surface area contributed by atoms with Crippen LogP contribution >= 0.6 is 0 Å². The highest BCUT2D eigenvalue weighted by atomic mass is 19.4. The number of nitrogens with zero attached hydrogens (tertiary/aromatic N) is 2. The lowest BCUT2D eigenvalue weighted by Gasteiger charge is -2.19. The van der Waals surface area contributed by atoms with E-state index >= 15 is 0 Å². The molecular weight excluding hydrogens is 331 g/mol. The van der Waals surface area contributed by atoms with Crippen molar-refractivity contribution in [2.75, 3.05) is 13.7 Å². The summed E-state index contributed by atoms with van der Waals surface area (Å²) in [4.78, 5) is 8.15. The Labute approximate surface area is 146 Å². The van der Waals surface area contributed by atoms with Crippen LogP contribution in [0, 0.1) is 0 Å². The molecule has 0 radical (unpaired) electrons. The summed E-state index contributed by atoms with van der Waals surface area (Å²) in [6.45, 7) is 5.67. The fourth-order valence-electron chi connectivity index (χ4n) is 2.11. The molecule has 0 amide bonds. The highest BCUT2D eigenvalue weighted by Crippen LogP contribution is 2.34. The zero-order valence-corrected chi connectivity index (χ0v) is 14.9. The maximum absolute atomic E-state index is 13.7. The van der Waals surface area contributed by atoms with Gasteiger partial charge in [0.2, 0.25) is 5.88 Å². The van der Waals surface area contributed by atoms with Crippen molar-refractivity contribution in [2.24, 2.45) is 4.99 Å². The topological polar surface area (TPSA) is 46.5 Å². The highest BCUT2D eigenvalue weighted by molar-refractivity contribution is 5.97. The van der Waals surface area contributed by atoms with Gasteiger partial charge in [0, 0.05) is 18.4 Å². The number of hydrogen-bond donors (Lipinski definition) is 1. The lowest BCUT2D eigenvalue weighted by molar-refractivity contribution is -0.0931. The predicted molar refractivity (Wildman–Crippen MR) is 93.2 cm³/mol. The molecule has 1 rings (SSSR count). The van der Waals surface area contributed by atoms with Crippen molar-refractivity contribution in [3.63, 3.8) is 0 Å². The third-order valence-corrected chi connectivity index (χ3v) is 3.24. The number of aromatic nitrogens is 1. The van der Waals surface area contributed by atoms with E-state index in [-0.39, 0.29) is 5.70 Å². The summed E-state index contributed by atoms with van der Waals surface area (Å²) in [6, 6.07) is 5.15. The number of rotatable bonds is 8. The largest absolute Gasteiger partial charge is 0.480 e. The molecule has 4 nitrogen and oxygen atoms in total. The van der Waals surface area contributed by atoms with E-state index in [1.165, 1.54) is 13.2 Å². The molecule has 138 valence electrons. The average Bonchev–Trinajstić information content (AvgIpc) is 2.58.